The van der Waals surface area contributed by atoms with E-state index in [1.54, 1.807) is 18.9 Å². The van der Waals surface area contributed by atoms with Gasteiger partial charge in [0.2, 0.25) is 5.91 Å². The molecule has 0 unspecified atom stereocenters. The van der Waals surface area contributed by atoms with Crippen LogP contribution in [0.3, 0.4) is 0 Å². The quantitative estimate of drug-likeness (QED) is 0.697. The number of carbonyl (C=O) groups excluding carboxylic acids is 1. The standard InChI is InChI=1S/C12H16BNO2/c1-9-8-11(4-5-12(9)13)14(10(2)15)6-7-16-3/h4-5,8H,6-7H2,1-3H3. The lowest BCUT2D eigenvalue weighted by Crippen LogP contribution is -2.32. The van der Waals surface area contributed by atoms with Crippen LogP contribution < -0.4 is 10.4 Å². The highest BCUT2D eigenvalue weighted by atomic mass is 16.5. The number of benzene rings is 1. The summed E-state index contributed by atoms with van der Waals surface area (Å²) in [5.41, 5.74) is 2.57. The van der Waals surface area contributed by atoms with Gasteiger partial charge >= 0.3 is 0 Å². The van der Waals surface area contributed by atoms with E-state index in [1.807, 2.05) is 25.1 Å². The van der Waals surface area contributed by atoms with Crippen molar-refractivity contribution in [1.82, 2.24) is 0 Å². The van der Waals surface area contributed by atoms with Crippen LogP contribution in [0.15, 0.2) is 18.2 Å². The summed E-state index contributed by atoms with van der Waals surface area (Å²) in [6, 6.07) is 5.57. The highest BCUT2D eigenvalue weighted by Crippen LogP contribution is 2.14. The third-order valence-corrected chi connectivity index (χ3v) is 2.46. The maximum Gasteiger partial charge on any atom is 0.223 e. The van der Waals surface area contributed by atoms with Crippen LogP contribution in [0.25, 0.3) is 0 Å². The number of ether oxygens (including phenoxy) is 1. The molecule has 1 rings (SSSR count). The molecule has 0 bridgehead atoms. The second kappa shape index (κ2) is 5.70. The zero-order valence-corrected chi connectivity index (χ0v) is 9.99. The molecule has 0 aromatic heterocycles. The topological polar surface area (TPSA) is 29.5 Å². The lowest BCUT2D eigenvalue weighted by atomic mass is 9.91. The van der Waals surface area contributed by atoms with Crippen LogP contribution in [0.4, 0.5) is 5.69 Å². The maximum atomic E-state index is 11.5. The van der Waals surface area contributed by atoms with Gasteiger partial charge in [-0.2, -0.15) is 0 Å². The molecule has 1 aromatic carbocycles. The molecule has 16 heavy (non-hydrogen) atoms. The molecule has 0 saturated heterocycles. The zero-order chi connectivity index (χ0) is 12.1. The summed E-state index contributed by atoms with van der Waals surface area (Å²) in [4.78, 5) is 13.2. The summed E-state index contributed by atoms with van der Waals surface area (Å²) in [6.07, 6.45) is 0. The molecule has 0 aliphatic rings. The van der Waals surface area contributed by atoms with Crippen molar-refractivity contribution >= 4 is 24.9 Å². The first-order valence-corrected chi connectivity index (χ1v) is 5.19. The Labute approximate surface area is 97.8 Å². The van der Waals surface area contributed by atoms with Gasteiger partial charge in [-0.15, -0.1) is 0 Å². The minimum atomic E-state index is 0.00113. The SMILES string of the molecule is [B]c1ccc(N(CCOC)C(C)=O)cc1C. The molecule has 2 radical (unpaired) electrons. The van der Waals surface area contributed by atoms with Crippen molar-refractivity contribution in [3.63, 3.8) is 0 Å². The summed E-state index contributed by atoms with van der Waals surface area (Å²) >= 11 is 0. The summed E-state index contributed by atoms with van der Waals surface area (Å²) in [6.45, 7) is 4.53. The number of rotatable bonds is 4. The highest BCUT2D eigenvalue weighted by molar-refractivity contribution is 6.33. The van der Waals surface area contributed by atoms with Crippen molar-refractivity contribution in [2.24, 2.45) is 0 Å². The molecule has 1 amide bonds. The van der Waals surface area contributed by atoms with Crippen LogP contribution >= 0.6 is 0 Å². The van der Waals surface area contributed by atoms with Gasteiger partial charge in [-0.05, 0) is 19.1 Å². The van der Waals surface area contributed by atoms with Gasteiger partial charge in [0.05, 0.1) is 6.61 Å². The van der Waals surface area contributed by atoms with E-state index in [0.717, 1.165) is 16.7 Å². The zero-order valence-electron chi connectivity index (χ0n) is 9.99. The fourth-order valence-corrected chi connectivity index (χ4v) is 1.48. The molecule has 0 heterocycles. The Hall–Kier alpha value is -1.29. The molecule has 0 fully saturated rings. The first kappa shape index (κ1) is 12.8. The van der Waals surface area contributed by atoms with E-state index in [0.29, 0.717) is 13.2 Å². The van der Waals surface area contributed by atoms with Crippen LogP contribution in [-0.4, -0.2) is 34.0 Å². The van der Waals surface area contributed by atoms with Crippen molar-refractivity contribution < 1.29 is 9.53 Å². The molecule has 0 aliphatic carbocycles. The fourth-order valence-electron chi connectivity index (χ4n) is 1.48. The molecule has 0 aliphatic heterocycles. The van der Waals surface area contributed by atoms with Crippen LogP contribution in [0.5, 0.6) is 0 Å². The minimum absolute atomic E-state index is 0.00113. The number of methoxy groups -OCH3 is 1. The van der Waals surface area contributed by atoms with Gasteiger partial charge in [-0.25, -0.2) is 0 Å². The van der Waals surface area contributed by atoms with E-state index < -0.39 is 0 Å². The van der Waals surface area contributed by atoms with Gasteiger partial charge < -0.3 is 9.64 Å². The predicted octanol–water partition coefficient (Wildman–Crippen LogP) is 0.788. The van der Waals surface area contributed by atoms with Gasteiger partial charge in [-0.3, -0.25) is 4.79 Å². The van der Waals surface area contributed by atoms with Gasteiger partial charge in [-0.1, -0.05) is 17.1 Å². The Morgan fingerprint density at radius 3 is 2.69 bits per heavy atom. The normalized spacial score (nSPS) is 10.2. The smallest absolute Gasteiger partial charge is 0.223 e. The first-order valence-electron chi connectivity index (χ1n) is 5.19. The van der Waals surface area contributed by atoms with E-state index in [9.17, 15) is 4.79 Å². The van der Waals surface area contributed by atoms with Crippen molar-refractivity contribution in [3.8, 4) is 0 Å². The number of carbonyl (C=O) groups is 1. The van der Waals surface area contributed by atoms with E-state index in [-0.39, 0.29) is 5.91 Å². The minimum Gasteiger partial charge on any atom is -0.383 e. The maximum absolute atomic E-state index is 11.5. The molecule has 4 heteroatoms. The average Bonchev–Trinajstić information content (AvgIpc) is 2.23. The molecule has 0 atom stereocenters. The monoisotopic (exact) mass is 217 g/mol. The molecule has 0 saturated carbocycles. The summed E-state index contributed by atoms with van der Waals surface area (Å²) < 4.78 is 4.98. The largest absolute Gasteiger partial charge is 0.383 e. The van der Waals surface area contributed by atoms with Gasteiger partial charge in [0, 0.05) is 26.3 Å². The van der Waals surface area contributed by atoms with Crippen molar-refractivity contribution in [1.29, 1.82) is 0 Å². The van der Waals surface area contributed by atoms with Crippen molar-refractivity contribution in [3.05, 3.63) is 23.8 Å². The van der Waals surface area contributed by atoms with Crippen LogP contribution in [0.1, 0.15) is 12.5 Å². The summed E-state index contributed by atoms with van der Waals surface area (Å²) in [7, 11) is 7.35. The third-order valence-electron chi connectivity index (χ3n) is 2.46. The Morgan fingerprint density at radius 1 is 1.50 bits per heavy atom. The van der Waals surface area contributed by atoms with Crippen LogP contribution in [0, 0.1) is 6.92 Å². The molecule has 3 nitrogen and oxygen atoms in total. The first-order chi connectivity index (χ1) is 7.56. The molecular formula is C12H16BNO2. The average molecular weight is 217 g/mol. The summed E-state index contributed by atoms with van der Waals surface area (Å²) in [5, 5.41) is 0. The van der Waals surface area contributed by atoms with Gasteiger partial charge in [0.25, 0.3) is 0 Å². The Kier molecular flexibility index (Phi) is 4.56. The van der Waals surface area contributed by atoms with Crippen molar-refractivity contribution in [2.75, 3.05) is 25.2 Å². The molecule has 0 spiro atoms. The molecule has 1 aromatic rings. The van der Waals surface area contributed by atoms with Crippen molar-refractivity contribution in [2.45, 2.75) is 13.8 Å². The fraction of sp³-hybridized carbons (Fsp3) is 0.417. The second-order valence-corrected chi connectivity index (χ2v) is 3.70. The van der Waals surface area contributed by atoms with E-state index in [4.69, 9.17) is 12.6 Å². The number of hydrogen-bond acceptors (Lipinski definition) is 2. The van der Waals surface area contributed by atoms with Gasteiger partial charge in [0.1, 0.15) is 7.85 Å². The predicted molar refractivity (Wildman–Crippen MR) is 66.5 cm³/mol. The number of aryl methyl sites for hydroxylation is 1. The van der Waals surface area contributed by atoms with E-state index in [1.165, 1.54) is 0 Å². The Morgan fingerprint density at radius 2 is 2.19 bits per heavy atom. The number of nitrogens with zero attached hydrogens (tertiary/aromatic N) is 1. The van der Waals surface area contributed by atoms with E-state index in [2.05, 4.69) is 0 Å². The van der Waals surface area contributed by atoms with Crippen LogP contribution in [-0.2, 0) is 9.53 Å². The lowest BCUT2D eigenvalue weighted by Gasteiger charge is -2.21. The molecule has 84 valence electrons. The van der Waals surface area contributed by atoms with Gasteiger partial charge in [0.15, 0.2) is 0 Å². The number of hydrogen-bond donors (Lipinski definition) is 0. The highest BCUT2D eigenvalue weighted by Gasteiger charge is 2.11. The number of anilines is 1. The molecule has 0 N–H and O–H groups in total. The third kappa shape index (κ3) is 3.10. The van der Waals surface area contributed by atoms with Crippen LogP contribution in [0.2, 0.25) is 0 Å². The summed E-state index contributed by atoms with van der Waals surface area (Å²) in [5.74, 6) is 0.00113. The number of amides is 1. The lowest BCUT2D eigenvalue weighted by molar-refractivity contribution is -0.116. The Balaban J connectivity index is 2.92. The second-order valence-electron chi connectivity index (χ2n) is 3.70. The molecular weight excluding hydrogens is 201 g/mol. The van der Waals surface area contributed by atoms with E-state index >= 15 is 0 Å². The Bertz CT molecular complexity index is 379.